The molecule has 0 saturated heterocycles. The zero-order valence-electron chi connectivity index (χ0n) is 21.4. The van der Waals surface area contributed by atoms with Gasteiger partial charge in [-0.2, -0.15) is 5.10 Å². The average molecular weight is 640 g/mol. The Morgan fingerprint density at radius 3 is 2.20 bits per heavy atom. The molecule has 0 spiro atoms. The van der Waals surface area contributed by atoms with E-state index < -0.39 is 34.2 Å². The SMILES string of the molecule is O=C(CN(c1ccc(Br)cc1)S(=O)(=O)c1ccccc1)N/N=C\c1ccc(OCC(=O)Nc2ccc(F)cc2)cc1. The predicted octanol–water partition coefficient (Wildman–Crippen LogP) is 4.95. The largest absolute Gasteiger partial charge is 0.484 e. The molecule has 0 bridgehead atoms. The highest BCUT2D eigenvalue weighted by atomic mass is 79.9. The van der Waals surface area contributed by atoms with E-state index in [1.807, 2.05) is 0 Å². The number of carbonyl (C=O) groups excluding carboxylic acids is 2. The second kappa shape index (κ2) is 13.7. The fraction of sp³-hybridized carbons (Fsp3) is 0.0690. The van der Waals surface area contributed by atoms with Crippen molar-refractivity contribution in [2.75, 3.05) is 22.8 Å². The van der Waals surface area contributed by atoms with Crippen molar-refractivity contribution in [2.24, 2.45) is 5.10 Å². The zero-order chi connectivity index (χ0) is 29.2. The summed E-state index contributed by atoms with van der Waals surface area (Å²) < 4.78 is 46.9. The molecule has 12 heteroatoms. The Hall–Kier alpha value is -4.55. The lowest BCUT2D eigenvalue weighted by molar-refractivity contribution is -0.119. The summed E-state index contributed by atoms with van der Waals surface area (Å²) in [6.45, 7) is -0.745. The van der Waals surface area contributed by atoms with Crippen molar-refractivity contribution in [2.45, 2.75) is 4.90 Å². The number of ether oxygens (including phenoxy) is 1. The van der Waals surface area contributed by atoms with Crippen LogP contribution in [-0.4, -0.2) is 39.6 Å². The van der Waals surface area contributed by atoms with Gasteiger partial charge in [0.05, 0.1) is 16.8 Å². The summed E-state index contributed by atoms with van der Waals surface area (Å²) in [4.78, 5) is 24.8. The van der Waals surface area contributed by atoms with Gasteiger partial charge in [-0.05, 0) is 90.5 Å². The van der Waals surface area contributed by atoms with Crippen LogP contribution in [0.5, 0.6) is 5.75 Å². The third kappa shape index (κ3) is 8.47. The minimum atomic E-state index is -4.03. The summed E-state index contributed by atoms with van der Waals surface area (Å²) in [5, 5.41) is 6.53. The lowest BCUT2D eigenvalue weighted by atomic mass is 10.2. The number of rotatable bonds is 11. The number of carbonyl (C=O) groups is 2. The standard InChI is InChI=1S/C29H24BrFN4O5S/c30-22-8-14-25(15-9-22)35(41(38,39)27-4-2-1-3-5-27)19-28(36)34-32-18-21-6-16-26(17-7-21)40-20-29(37)33-24-12-10-23(31)11-13-24/h1-18H,19-20H2,(H,33,37)(H,34,36)/b32-18-. The van der Waals surface area contributed by atoms with Crippen LogP contribution in [-0.2, 0) is 19.6 Å². The van der Waals surface area contributed by atoms with Gasteiger partial charge in [0.25, 0.3) is 21.8 Å². The van der Waals surface area contributed by atoms with Gasteiger partial charge in [0.2, 0.25) is 0 Å². The molecule has 4 rings (SSSR count). The Balaban J connectivity index is 1.33. The summed E-state index contributed by atoms with van der Waals surface area (Å²) in [5.74, 6) is -1.02. The lowest BCUT2D eigenvalue weighted by Crippen LogP contribution is -2.39. The number of hydrazone groups is 1. The topological polar surface area (TPSA) is 117 Å². The molecule has 0 unspecified atom stereocenters. The number of nitrogens with zero attached hydrogens (tertiary/aromatic N) is 2. The van der Waals surface area contributed by atoms with Gasteiger partial charge in [-0.3, -0.25) is 13.9 Å². The van der Waals surface area contributed by atoms with Gasteiger partial charge in [-0.1, -0.05) is 34.1 Å². The van der Waals surface area contributed by atoms with Gasteiger partial charge in [0.15, 0.2) is 6.61 Å². The monoisotopic (exact) mass is 638 g/mol. The third-order valence-electron chi connectivity index (χ3n) is 5.51. The van der Waals surface area contributed by atoms with Gasteiger partial charge in [0.1, 0.15) is 18.1 Å². The van der Waals surface area contributed by atoms with E-state index in [9.17, 15) is 22.4 Å². The molecule has 0 aliphatic carbocycles. The van der Waals surface area contributed by atoms with Crippen LogP contribution in [0.4, 0.5) is 15.8 Å². The molecule has 4 aromatic rings. The first kappa shape index (κ1) is 29.4. The molecule has 0 radical (unpaired) electrons. The number of halogens is 2. The summed E-state index contributed by atoms with van der Waals surface area (Å²) in [7, 11) is -4.03. The number of hydrogen-bond donors (Lipinski definition) is 2. The van der Waals surface area contributed by atoms with Crippen molar-refractivity contribution in [3.05, 3.63) is 119 Å². The average Bonchev–Trinajstić information content (AvgIpc) is 2.98. The van der Waals surface area contributed by atoms with Gasteiger partial charge < -0.3 is 10.1 Å². The number of nitrogens with one attached hydrogen (secondary N) is 2. The number of benzene rings is 4. The second-order valence-corrected chi connectivity index (χ2v) is 11.3. The molecule has 210 valence electrons. The molecule has 2 N–H and O–H groups in total. The quantitative estimate of drug-likeness (QED) is 0.178. The van der Waals surface area contributed by atoms with E-state index in [0.29, 0.717) is 22.7 Å². The first-order valence-corrected chi connectivity index (χ1v) is 14.4. The lowest BCUT2D eigenvalue weighted by Gasteiger charge is -2.23. The number of sulfonamides is 1. The Bertz CT molecular complexity index is 1620. The normalized spacial score (nSPS) is 11.2. The van der Waals surface area contributed by atoms with E-state index in [1.54, 1.807) is 66.7 Å². The summed E-state index contributed by atoms with van der Waals surface area (Å²) in [6, 6.07) is 26.3. The fourth-order valence-corrected chi connectivity index (χ4v) is 5.22. The van der Waals surface area contributed by atoms with Crippen molar-refractivity contribution in [1.29, 1.82) is 0 Å². The van der Waals surface area contributed by atoms with E-state index in [4.69, 9.17) is 4.74 Å². The fourth-order valence-electron chi connectivity index (χ4n) is 3.52. The van der Waals surface area contributed by atoms with Crippen LogP contribution in [0, 0.1) is 5.82 Å². The van der Waals surface area contributed by atoms with Crippen LogP contribution in [0.2, 0.25) is 0 Å². The maximum atomic E-state index is 13.3. The Morgan fingerprint density at radius 2 is 1.54 bits per heavy atom. The van der Waals surface area contributed by atoms with Gasteiger partial charge in [-0.25, -0.2) is 18.2 Å². The van der Waals surface area contributed by atoms with E-state index >= 15 is 0 Å². The number of amides is 2. The predicted molar refractivity (Wildman–Crippen MR) is 158 cm³/mol. The molecule has 0 fully saturated rings. The highest BCUT2D eigenvalue weighted by Gasteiger charge is 2.27. The van der Waals surface area contributed by atoms with Crippen LogP contribution < -0.4 is 19.8 Å². The first-order chi connectivity index (χ1) is 19.7. The molecule has 0 saturated carbocycles. The highest BCUT2D eigenvalue weighted by molar-refractivity contribution is 9.10. The minimum Gasteiger partial charge on any atom is -0.484 e. The highest BCUT2D eigenvalue weighted by Crippen LogP contribution is 2.25. The molecular formula is C29H24BrFN4O5S. The molecular weight excluding hydrogens is 615 g/mol. The van der Waals surface area contributed by atoms with Gasteiger partial charge >= 0.3 is 0 Å². The molecule has 9 nitrogen and oxygen atoms in total. The maximum absolute atomic E-state index is 13.3. The van der Waals surface area contributed by atoms with Crippen LogP contribution in [0.1, 0.15) is 5.56 Å². The smallest absolute Gasteiger partial charge is 0.264 e. The van der Waals surface area contributed by atoms with Crippen LogP contribution in [0.3, 0.4) is 0 Å². The molecule has 0 atom stereocenters. The van der Waals surface area contributed by atoms with Crippen molar-refractivity contribution < 1.29 is 27.1 Å². The van der Waals surface area contributed by atoms with E-state index in [-0.39, 0.29) is 11.5 Å². The van der Waals surface area contributed by atoms with Crippen molar-refractivity contribution in [1.82, 2.24) is 5.43 Å². The zero-order valence-corrected chi connectivity index (χ0v) is 23.8. The van der Waals surface area contributed by atoms with Crippen molar-refractivity contribution in [3.8, 4) is 5.75 Å². The Labute approximate surface area is 244 Å². The molecule has 0 aliphatic heterocycles. The maximum Gasteiger partial charge on any atom is 0.264 e. The van der Waals surface area contributed by atoms with Crippen LogP contribution in [0.25, 0.3) is 0 Å². The Morgan fingerprint density at radius 1 is 0.878 bits per heavy atom. The van der Waals surface area contributed by atoms with E-state index in [0.717, 1.165) is 8.78 Å². The third-order valence-corrected chi connectivity index (χ3v) is 7.83. The Kier molecular flexibility index (Phi) is 9.82. The first-order valence-electron chi connectivity index (χ1n) is 12.1. The van der Waals surface area contributed by atoms with Crippen LogP contribution in [0.15, 0.2) is 118 Å². The van der Waals surface area contributed by atoms with Gasteiger partial charge in [-0.15, -0.1) is 0 Å². The number of hydrogen-bond acceptors (Lipinski definition) is 6. The summed E-state index contributed by atoms with van der Waals surface area (Å²) >= 11 is 3.33. The molecule has 0 aliphatic rings. The summed E-state index contributed by atoms with van der Waals surface area (Å²) in [6.07, 6.45) is 1.39. The molecule has 4 aromatic carbocycles. The minimum absolute atomic E-state index is 0.0504. The molecule has 2 amide bonds. The van der Waals surface area contributed by atoms with Crippen molar-refractivity contribution >= 4 is 55.4 Å². The van der Waals surface area contributed by atoms with Crippen LogP contribution >= 0.6 is 15.9 Å². The van der Waals surface area contributed by atoms with Gasteiger partial charge in [0, 0.05) is 10.2 Å². The van der Waals surface area contributed by atoms with Crippen molar-refractivity contribution in [3.63, 3.8) is 0 Å². The molecule has 0 heterocycles. The molecule has 0 aromatic heterocycles. The summed E-state index contributed by atoms with van der Waals surface area (Å²) in [5.41, 5.74) is 3.74. The van der Waals surface area contributed by atoms with E-state index in [1.165, 1.54) is 42.6 Å². The number of anilines is 2. The molecule has 41 heavy (non-hydrogen) atoms. The second-order valence-electron chi connectivity index (χ2n) is 8.51. The van der Waals surface area contributed by atoms with E-state index in [2.05, 4.69) is 31.8 Å².